The predicted octanol–water partition coefficient (Wildman–Crippen LogP) is 5.59. The van der Waals surface area contributed by atoms with Crippen molar-refractivity contribution in [1.29, 1.82) is 0 Å². The number of hydrogen-bond donors (Lipinski definition) is 1. The molecule has 2 aromatic carbocycles. The van der Waals surface area contributed by atoms with Gasteiger partial charge in [-0.05, 0) is 42.3 Å². The SMILES string of the molecule is CCc1ccc(N(C)C(=O)Nc2ccc(Cl)c(C(F)(F)F)c2)cc1. The molecule has 0 unspecified atom stereocenters. The fourth-order valence-corrected chi connectivity index (χ4v) is 2.32. The number of benzene rings is 2. The van der Waals surface area contributed by atoms with E-state index in [0.717, 1.165) is 24.1 Å². The number of alkyl halides is 3. The molecule has 0 saturated carbocycles. The molecule has 0 saturated heterocycles. The Bertz CT molecular complexity index is 730. The Balaban J connectivity index is 2.16. The van der Waals surface area contributed by atoms with Gasteiger partial charge in [-0.25, -0.2) is 4.79 Å². The molecule has 3 nitrogen and oxygen atoms in total. The van der Waals surface area contributed by atoms with Gasteiger partial charge in [-0.3, -0.25) is 4.90 Å². The maximum absolute atomic E-state index is 12.9. The van der Waals surface area contributed by atoms with Crippen LogP contribution in [0.25, 0.3) is 0 Å². The van der Waals surface area contributed by atoms with Crippen LogP contribution in [0.2, 0.25) is 5.02 Å². The zero-order chi connectivity index (χ0) is 17.9. The molecule has 0 heterocycles. The van der Waals surface area contributed by atoms with Gasteiger partial charge in [-0.15, -0.1) is 0 Å². The second-order valence-electron chi connectivity index (χ2n) is 5.20. The van der Waals surface area contributed by atoms with Gasteiger partial charge in [-0.1, -0.05) is 30.7 Å². The van der Waals surface area contributed by atoms with Gasteiger partial charge in [-0.2, -0.15) is 13.2 Å². The number of nitrogens with zero attached hydrogens (tertiary/aromatic N) is 1. The number of urea groups is 1. The molecular formula is C17H16ClF3N2O. The fraction of sp³-hybridized carbons (Fsp3) is 0.235. The third-order valence-corrected chi connectivity index (χ3v) is 3.89. The van der Waals surface area contributed by atoms with E-state index in [9.17, 15) is 18.0 Å². The van der Waals surface area contributed by atoms with Crippen molar-refractivity contribution >= 4 is 29.0 Å². The van der Waals surface area contributed by atoms with E-state index in [-0.39, 0.29) is 5.69 Å². The lowest BCUT2D eigenvalue weighted by molar-refractivity contribution is -0.137. The number of hydrogen-bond acceptors (Lipinski definition) is 1. The molecule has 0 bridgehead atoms. The number of anilines is 2. The first kappa shape index (κ1) is 18.1. The Morgan fingerprint density at radius 2 is 1.79 bits per heavy atom. The summed E-state index contributed by atoms with van der Waals surface area (Å²) in [6.45, 7) is 2.02. The zero-order valence-electron chi connectivity index (χ0n) is 13.1. The van der Waals surface area contributed by atoms with Crippen LogP contribution in [-0.4, -0.2) is 13.1 Å². The molecule has 128 valence electrons. The molecule has 2 rings (SSSR count). The highest BCUT2D eigenvalue weighted by molar-refractivity contribution is 6.31. The monoisotopic (exact) mass is 356 g/mol. The van der Waals surface area contributed by atoms with Gasteiger partial charge in [0.05, 0.1) is 10.6 Å². The van der Waals surface area contributed by atoms with Crippen molar-refractivity contribution in [2.45, 2.75) is 19.5 Å². The molecule has 0 radical (unpaired) electrons. The van der Waals surface area contributed by atoms with Gasteiger partial charge < -0.3 is 5.32 Å². The zero-order valence-corrected chi connectivity index (χ0v) is 13.9. The van der Waals surface area contributed by atoms with Gasteiger partial charge in [0.15, 0.2) is 0 Å². The van der Waals surface area contributed by atoms with Crippen LogP contribution in [0.5, 0.6) is 0 Å². The molecule has 0 aliphatic carbocycles. The van der Waals surface area contributed by atoms with Crippen molar-refractivity contribution in [2.24, 2.45) is 0 Å². The minimum Gasteiger partial charge on any atom is -0.308 e. The van der Waals surface area contributed by atoms with Gasteiger partial charge in [0.1, 0.15) is 0 Å². The Labute approximate surface area is 143 Å². The van der Waals surface area contributed by atoms with Gasteiger partial charge in [0.2, 0.25) is 0 Å². The summed E-state index contributed by atoms with van der Waals surface area (Å²) < 4.78 is 38.6. The minimum absolute atomic E-state index is 0.0220. The van der Waals surface area contributed by atoms with E-state index in [4.69, 9.17) is 11.6 Å². The number of nitrogens with one attached hydrogen (secondary N) is 1. The predicted molar refractivity (Wildman–Crippen MR) is 89.7 cm³/mol. The van der Waals surface area contributed by atoms with Gasteiger partial charge in [0, 0.05) is 18.4 Å². The minimum atomic E-state index is -4.58. The number of rotatable bonds is 3. The maximum Gasteiger partial charge on any atom is 0.417 e. The molecule has 0 atom stereocenters. The average Bonchev–Trinajstić information content (AvgIpc) is 2.55. The van der Waals surface area contributed by atoms with Crippen LogP contribution in [0.1, 0.15) is 18.1 Å². The van der Waals surface area contributed by atoms with Crippen LogP contribution < -0.4 is 10.2 Å². The summed E-state index contributed by atoms with van der Waals surface area (Å²) >= 11 is 5.56. The second-order valence-corrected chi connectivity index (χ2v) is 5.61. The van der Waals surface area contributed by atoms with E-state index >= 15 is 0 Å². The number of aryl methyl sites for hydroxylation is 1. The van der Waals surface area contributed by atoms with Crippen LogP contribution in [0, 0.1) is 0 Å². The van der Waals surface area contributed by atoms with Crippen molar-refractivity contribution < 1.29 is 18.0 Å². The summed E-state index contributed by atoms with van der Waals surface area (Å²) in [4.78, 5) is 13.5. The quantitative estimate of drug-likeness (QED) is 0.764. The highest BCUT2D eigenvalue weighted by Gasteiger charge is 2.33. The van der Waals surface area contributed by atoms with E-state index in [1.165, 1.54) is 18.0 Å². The number of halogens is 4. The third kappa shape index (κ3) is 4.20. The maximum atomic E-state index is 12.9. The summed E-state index contributed by atoms with van der Waals surface area (Å²) in [5.74, 6) is 0. The molecule has 0 aliphatic rings. The smallest absolute Gasteiger partial charge is 0.308 e. The highest BCUT2D eigenvalue weighted by atomic mass is 35.5. The molecule has 2 aromatic rings. The van der Waals surface area contributed by atoms with Gasteiger partial charge in [0.25, 0.3) is 0 Å². The number of carbonyl (C=O) groups excluding carboxylic acids is 1. The molecule has 0 aliphatic heterocycles. The van der Waals surface area contributed by atoms with Crippen LogP contribution in [0.3, 0.4) is 0 Å². The van der Waals surface area contributed by atoms with Crippen molar-refractivity contribution in [3.05, 3.63) is 58.6 Å². The molecule has 1 N–H and O–H groups in total. The van der Waals surface area contributed by atoms with E-state index in [1.54, 1.807) is 12.1 Å². The highest BCUT2D eigenvalue weighted by Crippen LogP contribution is 2.36. The summed E-state index contributed by atoms with van der Waals surface area (Å²) in [5.41, 5.74) is 0.792. The Morgan fingerprint density at radius 3 is 2.33 bits per heavy atom. The lowest BCUT2D eigenvalue weighted by Crippen LogP contribution is -2.31. The first-order valence-electron chi connectivity index (χ1n) is 7.22. The topological polar surface area (TPSA) is 32.3 Å². The standard InChI is InChI=1S/C17H16ClF3N2O/c1-3-11-4-7-13(8-5-11)23(2)16(24)22-12-6-9-15(18)14(10-12)17(19,20)21/h4-10H,3H2,1-2H3,(H,22,24). The molecule has 7 heteroatoms. The van der Waals surface area contributed by atoms with Crippen LogP contribution in [0.4, 0.5) is 29.3 Å². The average molecular weight is 357 g/mol. The van der Waals surface area contributed by atoms with E-state index in [1.807, 2.05) is 19.1 Å². The van der Waals surface area contributed by atoms with Crippen molar-refractivity contribution in [1.82, 2.24) is 0 Å². The summed E-state index contributed by atoms with van der Waals surface area (Å²) in [6, 6.07) is 10.0. The lowest BCUT2D eigenvalue weighted by atomic mass is 10.1. The van der Waals surface area contributed by atoms with Crippen molar-refractivity contribution in [3.8, 4) is 0 Å². The largest absolute Gasteiger partial charge is 0.417 e. The lowest BCUT2D eigenvalue weighted by Gasteiger charge is -2.19. The van der Waals surface area contributed by atoms with Crippen LogP contribution in [0.15, 0.2) is 42.5 Å². The van der Waals surface area contributed by atoms with Crippen molar-refractivity contribution in [2.75, 3.05) is 17.3 Å². The van der Waals surface area contributed by atoms with E-state index in [2.05, 4.69) is 5.32 Å². The van der Waals surface area contributed by atoms with E-state index < -0.39 is 22.8 Å². The normalized spacial score (nSPS) is 11.2. The number of carbonyl (C=O) groups is 1. The Morgan fingerprint density at radius 1 is 1.17 bits per heavy atom. The Hall–Kier alpha value is -2.21. The second kappa shape index (κ2) is 7.13. The molecule has 0 spiro atoms. The third-order valence-electron chi connectivity index (χ3n) is 3.56. The summed E-state index contributed by atoms with van der Waals surface area (Å²) in [7, 11) is 1.54. The molecular weight excluding hydrogens is 341 g/mol. The summed E-state index contributed by atoms with van der Waals surface area (Å²) in [5, 5.41) is 2.02. The molecule has 0 aromatic heterocycles. The summed E-state index contributed by atoms with van der Waals surface area (Å²) in [6.07, 6.45) is -3.71. The van der Waals surface area contributed by atoms with Crippen molar-refractivity contribution in [3.63, 3.8) is 0 Å². The molecule has 0 fully saturated rings. The van der Waals surface area contributed by atoms with Gasteiger partial charge >= 0.3 is 12.2 Å². The van der Waals surface area contributed by atoms with Crippen LogP contribution in [-0.2, 0) is 12.6 Å². The number of amides is 2. The van der Waals surface area contributed by atoms with E-state index in [0.29, 0.717) is 5.69 Å². The first-order valence-corrected chi connectivity index (χ1v) is 7.60. The van der Waals surface area contributed by atoms with Crippen LogP contribution >= 0.6 is 11.6 Å². The molecule has 2 amide bonds. The molecule has 24 heavy (non-hydrogen) atoms. The fourth-order valence-electron chi connectivity index (χ4n) is 2.10. The Kier molecular flexibility index (Phi) is 5.39. The first-order chi connectivity index (χ1) is 11.2.